The molecule has 1 aliphatic heterocycles. The van der Waals surface area contributed by atoms with Crippen LogP contribution in [0.5, 0.6) is 0 Å². The Hall–Kier alpha value is -3.53. The van der Waals surface area contributed by atoms with E-state index in [2.05, 4.69) is 21.6 Å². The summed E-state index contributed by atoms with van der Waals surface area (Å²) >= 11 is 0. The number of carbonyl (C=O) groups excluding carboxylic acids is 1. The van der Waals surface area contributed by atoms with E-state index in [0.29, 0.717) is 46.9 Å². The average molecular weight is 493 g/mol. The maximum atomic E-state index is 13.4. The number of amides is 1. The number of rotatable bonds is 6. The molecule has 3 N–H and O–H groups in total. The molecule has 7 nitrogen and oxygen atoms in total. The van der Waals surface area contributed by atoms with Crippen molar-refractivity contribution in [3.05, 3.63) is 96.2 Å². The Kier molecular flexibility index (Phi) is 5.92. The molecule has 2 aromatic heterocycles. The summed E-state index contributed by atoms with van der Waals surface area (Å²) in [5.41, 5.74) is 2.02. The molecule has 1 aliphatic rings. The zero-order valence-corrected chi connectivity index (χ0v) is 19.9. The Bertz CT molecular complexity index is 1390. The van der Waals surface area contributed by atoms with Crippen LogP contribution in [0.4, 0.5) is 10.1 Å². The van der Waals surface area contributed by atoms with E-state index in [1.165, 1.54) is 6.07 Å². The van der Waals surface area contributed by atoms with Gasteiger partial charge in [0.15, 0.2) is 0 Å². The first kappa shape index (κ1) is 23.2. The van der Waals surface area contributed by atoms with Crippen molar-refractivity contribution in [2.24, 2.45) is 5.41 Å². The van der Waals surface area contributed by atoms with Gasteiger partial charge < -0.3 is 4.90 Å². The summed E-state index contributed by atoms with van der Waals surface area (Å²) in [6.07, 6.45) is 2.20. The quantitative estimate of drug-likeness (QED) is 0.303. The summed E-state index contributed by atoms with van der Waals surface area (Å²) in [6.45, 7) is 3.17. The molecule has 5 rings (SSSR count). The molecular weight excluding hydrogens is 467 g/mol. The molecule has 1 amide bonds. The molecule has 4 aromatic rings. The number of aromatic nitrogens is 2. The van der Waals surface area contributed by atoms with E-state index in [4.69, 9.17) is 0 Å². The second-order valence-electron chi connectivity index (χ2n) is 9.16. The van der Waals surface area contributed by atoms with Gasteiger partial charge in [0.2, 0.25) is 5.95 Å². The lowest BCUT2D eigenvalue weighted by atomic mass is 9.77. The number of likely N-dealkylation sites (tertiary alicyclic amines) is 1. The third kappa shape index (κ3) is 4.84. The van der Waals surface area contributed by atoms with Crippen molar-refractivity contribution >= 4 is 33.3 Å². The smallest absolute Gasteiger partial charge is 0.253 e. The van der Waals surface area contributed by atoms with E-state index in [1.54, 1.807) is 65.7 Å². The summed E-state index contributed by atoms with van der Waals surface area (Å²) in [7, 11) is -3.37. The highest BCUT2D eigenvalue weighted by Crippen LogP contribution is 2.50. The molecule has 1 fully saturated rings. The second-order valence-corrected chi connectivity index (χ2v) is 10.9. The van der Waals surface area contributed by atoms with E-state index in [-0.39, 0.29) is 11.3 Å². The van der Waals surface area contributed by atoms with Crippen molar-refractivity contribution in [3.63, 3.8) is 0 Å². The number of para-hydroxylation sites is 1. The lowest BCUT2D eigenvalue weighted by Gasteiger charge is -2.48. The Morgan fingerprint density at radius 2 is 1.77 bits per heavy atom. The molecule has 0 radical (unpaired) electrons. The molecule has 0 saturated carbocycles. The average Bonchev–Trinajstić information content (AvgIpc) is 2.82. The van der Waals surface area contributed by atoms with E-state index in [0.717, 1.165) is 5.39 Å². The molecule has 180 valence electrons. The first-order valence-electron chi connectivity index (χ1n) is 11.1. The summed E-state index contributed by atoms with van der Waals surface area (Å²) in [6, 6.07) is 20.3. The number of nitrogens with one attached hydrogen (secondary N) is 1. The van der Waals surface area contributed by atoms with Crippen molar-refractivity contribution in [2.45, 2.75) is 18.2 Å². The monoisotopic (exact) mass is 492 g/mol. The fraction of sp³-hybridized carbons (Fsp3) is 0.192. The predicted octanol–water partition coefficient (Wildman–Crippen LogP) is 5.61. The predicted molar refractivity (Wildman–Crippen MR) is 135 cm³/mol. The van der Waals surface area contributed by atoms with Gasteiger partial charge in [0.05, 0.1) is 11.2 Å². The van der Waals surface area contributed by atoms with Crippen LogP contribution < -0.4 is 4.72 Å². The van der Waals surface area contributed by atoms with Crippen molar-refractivity contribution < 1.29 is 18.3 Å². The topological polar surface area (TPSA) is 98.6 Å². The summed E-state index contributed by atoms with van der Waals surface area (Å²) in [4.78, 5) is 23.2. The van der Waals surface area contributed by atoms with Gasteiger partial charge in [-0.2, -0.15) is 4.39 Å². The van der Waals surface area contributed by atoms with Crippen LogP contribution in [0.2, 0.25) is 0 Å². The summed E-state index contributed by atoms with van der Waals surface area (Å²) < 4.78 is 37.8. The minimum atomic E-state index is -3.37. The maximum Gasteiger partial charge on any atom is 0.253 e. The second kappa shape index (κ2) is 8.92. The normalized spacial score (nSPS) is 15.5. The van der Waals surface area contributed by atoms with E-state index < -0.39 is 16.7 Å². The largest absolute Gasteiger partial charge is 0.337 e. The van der Waals surface area contributed by atoms with Crippen molar-refractivity contribution in [3.8, 4) is 0 Å². The van der Waals surface area contributed by atoms with E-state index >= 15 is 0 Å². The third-order valence-corrected chi connectivity index (χ3v) is 7.57. The fourth-order valence-corrected chi connectivity index (χ4v) is 5.79. The SMILES string of the molecule is CC1(Cc2cccc(F)n2)CN(C(=O)c2ccc(NS(O)(O)c3cccc4cccnc34)cc2)C1. The van der Waals surface area contributed by atoms with Gasteiger partial charge in [0.1, 0.15) is 4.90 Å². The molecule has 35 heavy (non-hydrogen) atoms. The van der Waals surface area contributed by atoms with Crippen molar-refractivity contribution in [1.29, 1.82) is 0 Å². The minimum Gasteiger partial charge on any atom is -0.337 e. The molecule has 0 spiro atoms. The Balaban J connectivity index is 1.24. The molecule has 2 aromatic carbocycles. The van der Waals surface area contributed by atoms with Gasteiger partial charge in [-0.15, -0.1) is 0 Å². The molecule has 1 saturated heterocycles. The third-order valence-electron chi connectivity index (χ3n) is 6.11. The zero-order chi connectivity index (χ0) is 24.6. The highest BCUT2D eigenvalue weighted by molar-refractivity contribution is 8.25. The fourth-order valence-electron chi connectivity index (χ4n) is 4.51. The number of anilines is 1. The molecule has 0 aliphatic carbocycles. The van der Waals surface area contributed by atoms with Gasteiger partial charge in [-0.3, -0.25) is 23.6 Å². The highest BCUT2D eigenvalue weighted by Gasteiger charge is 2.41. The highest BCUT2D eigenvalue weighted by atomic mass is 32.3. The van der Waals surface area contributed by atoms with Crippen LogP contribution in [-0.4, -0.2) is 43.0 Å². The van der Waals surface area contributed by atoms with Gasteiger partial charge >= 0.3 is 0 Å². The summed E-state index contributed by atoms with van der Waals surface area (Å²) in [5.74, 6) is -0.605. The number of hydrogen-bond acceptors (Lipinski definition) is 6. The molecule has 3 heterocycles. The van der Waals surface area contributed by atoms with Crippen LogP contribution >= 0.6 is 10.8 Å². The van der Waals surface area contributed by atoms with Gasteiger partial charge in [0.25, 0.3) is 5.91 Å². The van der Waals surface area contributed by atoms with Crippen LogP contribution in [-0.2, 0) is 6.42 Å². The van der Waals surface area contributed by atoms with Gasteiger partial charge in [-0.05, 0) is 55.0 Å². The Labute approximate surface area is 204 Å². The van der Waals surface area contributed by atoms with Crippen LogP contribution in [0.1, 0.15) is 23.0 Å². The molecule has 0 bridgehead atoms. The van der Waals surface area contributed by atoms with Crippen LogP contribution in [0, 0.1) is 11.4 Å². The molecule has 0 unspecified atom stereocenters. The van der Waals surface area contributed by atoms with Gasteiger partial charge in [-0.1, -0.05) is 42.0 Å². The number of benzene rings is 2. The van der Waals surface area contributed by atoms with E-state index in [1.807, 2.05) is 12.1 Å². The lowest BCUT2D eigenvalue weighted by molar-refractivity contribution is 0.0148. The number of hydrogen-bond donors (Lipinski definition) is 3. The summed E-state index contributed by atoms with van der Waals surface area (Å²) in [5, 5.41) is 0.808. The van der Waals surface area contributed by atoms with Crippen LogP contribution in [0.3, 0.4) is 0 Å². The lowest BCUT2D eigenvalue weighted by Crippen LogP contribution is -2.58. The molecule has 0 atom stereocenters. The Morgan fingerprint density at radius 1 is 1.06 bits per heavy atom. The molecule has 9 heteroatoms. The number of pyridine rings is 2. The van der Waals surface area contributed by atoms with Crippen LogP contribution in [0.15, 0.2) is 83.9 Å². The molecular formula is C26H25FN4O3S. The number of carbonyl (C=O) groups is 1. The van der Waals surface area contributed by atoms with Gasteiger partial charge in [-0.25, -0.2) is 4.98 Å². The van der Waals surface area contributed by atoms with Crippen molar-refractivity contribution in [1.82, 2.24) is 14.9 Å². The van der Waals surface area contributed by atoms with Crippen molar-refractivity contribution in [2.75, 3.05) is 17.8 Å². The number of nitrogens with zero attached hydrogens (tertiary/aromatic N) is 3. The first-order valence-corrected chi connectivity index (χ1v) is 12.7. The minimum absolute atomic E-state index is 0.105. The number of fused-ring (bicyclic) bond motifs is 1. The van der Waals surface area contributed by atoms with E-state index in [9.17, 15) is 18.3 Å². The standard InChI is InChI=1S/C26H25FN4O3S/c1-26(15-21-7-3-9-23(27)29-21)16-31(17-26)25(32)19-10-12-20(13-11-19)30-35(33,34)22-8-2-5-18-6-4-14-28-24(18)22/h2-14,30,33-34H,15-17H2,1H3. The van der Waals surface area contributed by atoms with Gasteiger partial charge in [0, 0.05) is 41.3 Å². The number of halogens is 1. The zero-order valence-electron chi connectivity index (χ0n) is 19.1. The Morgan fingerprint density at radius 3 is 2.51 bits per heavy atom. The van der Waals surface area contributed by atoms with Crippen LogP contribution in [0.25, 0.3) is 10.9 Å². The maximum absolute atomic E-state index is 13.4. The first-order chi connectivity index (χ1) is 16.7.